The largest absolute Gasteiger partial charge is 0.392 e. The molecule has 35 heavy (non-hydrogen) atoms. The van der Waals surface area contributed by atoms with Crippen molar-refractivity contribution in [3.63, 3.8) is 0 Å². The maximum absolute atomic E-state index is 14.5. The number of aromatic nitrogens is 4. The zero-order valence-electron chi connectivity index (χ0n) is 18.6. The van der Waals surface area contributed by atoms with Crippen molar-refractivity contribution < 1.29 is 22.4 Å². The molecule has 0 aliphatic carbocycles. The SMILES string of the molecule is Cc1cc2nc(N)c3cnn(C)c3c2cc1C(=O)N1CC(CC(F)(F)F)=CN1c1ncccc1F. The molecule has 0 fully saturated rings. The van der Waals surface area contributed by atoms with Crippen LogP contribution in [0.4, 0.5) is 29.2 Å². The first kappa shape index (κ1) is 22.6. The third kappa shape index (κ3) is 3.90. The second-order valence-corrected chi connectivity index (χ2v) is 8.31. The molecule has 0 unspecified atom stereocenters. The average Bonchev–Trinajstić information content (AvgIpc) is 3.36. The molecule has 1 aliphatic rings. The lowest BCUT2D eigenvalue weighted by molar-refractivity contribution is -0.127. The number of hydrogen-bond donors (Lipinski definition) is 1. The number of halogens is 4. The predicted molar refractivity (Wildman–Crippen MR) is 122 cm³/mol. The molecule has 2 N–H and O–H groups in total. The van der Waals surface area contributed by atoms with Crippen LogP contribution in [0, 0.1) is 12.7 Å². The third-order valence-corrected chi connectivity index (χ3v) is 5.82. The fourth-order valence-electron chi connectivity index (χ4n) is 4.28. The molecule has 0 saturated heterocycles. The highest BCUT2D eigenvalue weighted by molar-refractivity contribution is 6.11. The fourth-order valence-corrected chi connectivity index (χ4v) is 4.28. The summed E-state index contributed by atoms with van der Waals surface area (Å²) in [4.78, 5) is 22.0. The number of alkyl halides is 3. The summed E-state index contributed by atoms with van der Waals surface area (Å²) in [6, 6.07) is 5.76. The lowest BCUT2D eigenvalue weighted by Gasteiger charge is -2.29. The fraction of sp³-hybridized carbons (Fsp3) is 0.217. The molecule has 0 atom stereocenters. The summed E-state index contributed by atoms with van der Waals surface area (Å²) in [5.41, 5.74) is 7.90. The van der Waals surface area contributed by atoms with Crippen LogP contribution in [0.2, 0.25) is 0 Å². The second-order valence-electron chi connectivity index (χ2n) is 8.31. The van der Waals surface area contributed by atoms with E-state index in [1.54, 1.807) is 37.0 Å². The van der Waals surface area contributed by atoms with Crippen molar-refractivity contribution in [2.45, 2.75) is 19.5 Å². The second kappa shape index (κ2) is 7.93. The summed E-state index contributed by atoms with van der Waals surface area (Å²) in [5.74, 6) is -1.38. The number of rotatable bonds is 3. The van der Waals surface area contributed by atoms with E-state index in [1.807, 2.05) is 0 Å². The van der Waals surface area contributed by atoms with E-state index in [2.05, 4.69) is 15.1 Å². The Bertz CT molecular complexity index is 1530. The first-order valence-corrected chi connectivity index (χ1v) is 10.5. The molecule has 1 aromatic carbocycles. The summed E-state index contributed by atoms with van der Waals surface area (Å²) in [6.45, 7) is 1.32. The van der Waals surface area contributed by atoms with Crippen molar-refractivity contribution in [1.82, 2.24) is 24.8 Å². The van der Waals surface area contributed by atoms with Crippen LogP contribution in [0.5, 0.6) is 0 Å². The van der Waals surface area contributed by atoms with E-state index >= 15 is 0 Å². The Hall–Kier alpha value is -4.22. The van der Waals surface area contributed by atoms with Gasteiger partial charge in [0.05, 0.1) is 35.6 Å². The Balaban J connectivity index is 1.62. The lowest BCUT2D eigenvalue weighted by atomic mass is 10.0. The number of amides is 1. The van der Waals surface area contributed by atoms with Gasteiger partial charge in [-0.05, 0) is 42.3 Å². The Kier molecular flexibility index (Phi) is 5.11. The number of fused-ring (bicyclic) bond motifs is 3. The highest BCUT2D eigenvalue weighted by atomic mass is 19.4. The predicted octanol–water partition coefficient (Wildman–Crippen LogP) is 4.26. The topological polar surface area (TPSA) is 93.2 Å². The van der Waals surface area contributed by atoms with Crippen LogP contribution in [-0.2, 0) is 7.05 Å². The minimum Gasteiger partial charge on any atom is -0.383 e. The number of carbonyl (C=O) groups excluding carboxylic acids is 1. The van der Waals surface area contributed by atoms with Crippen LogP contribution >= 0.6 is 0 Å². The molecule has 3 aromatic heterocycles. The van der Waals surface area contributed by atoms with Crippen molar-refractivity contribution in [2.75, 3.05) is 17.3 Å². The van der Waals surface area contributed by atoms with Gasteiger partial charge in [0.15, 0.2) is 11.6 Å². The average molecular weight is 485 g/mol. The number of hydrazine groups is 1. The van der Waals surface area contributed by atoms with Gasteiger partial charge in [-0.2, -0.15) is 18.3 Å². The van der Waals surface area contributed by atoms with Gasteiger partial charge in [-0.1, -0.05) is 0 Å². The minimum atomic E-state index is -4.49. The first-order valence-electron chi connectivity index (χ1n) is 10.5. The third-order valence-electron chi connectivity index (χ3n) is 5.82. The summed E-state index contributed by atoms with van der Waals surface area (Å²) in [7, 11) is 1.72. The molecule has 0 spiro atoms. The highest BCUT2D eigenvalue weighted by Crippen LogP contribution is 2.34. The van der Waals surface area contributed by atoms with Crippen molar-refractivity contribution in [2.24, 2.45) is 7.05 Å². The van der Waals surface area contributed by atoms with Crippen molar-refractivity contribution >= 4 is 39.3 Å². The smallest absolute Gasteiger partial charge is 0.383 e. The standard InChI is InChI=1S/C23H19F4N7O/c1-12-6-18-15(19-16(20(28)31-18)9-30-32(19)2)7-14(12)22(35)34-11-13(8-23(25,26)27)10-33(34)21-17(24)4-3-5-29-21/h3-7,9-10H,8,11H2,1-2H3,(H2,28,31). The Morgan fingerprint density at radius 1 is 1.23 bits per heavy atom. The van der Waals surface area contributed by atoms with E-state index in [0.717, 1.165) is 22.3 Å². The first-order chi connectivity index (χ1) is 16.5. The van der Waals surface area contributed by atoms with Gasteiger partial charge in [0.25, 0.3) is 5.91 Å². The number of nitrogens with two attached hydrogens (primary N) is 1. The summed E-state index contributed by atoms with van der Waals surface area (Å²) in [5, 5.41) is 7.50. The normalized spacial score (nSPS) is 14.3. The monoisotopic (exact) mass is 485 g/mol. The number of nitrogens with zero attached hydrogens (tertiary/aromatic N) is 6. The number of pyridine rings is 2. The Morgan fingerprint density at radius 2 is 2.00 bits per heavy atom. The van der Waals surface area contributed by atoms with Crippen molar-refractivity contribution in [1.29, 1.82) is 0 Å². The summed E-state index contributed by atoms with van der Waals surface area (Å²) in [6.07, 6.45) is -1.76. The molecule has 0 saturated carbocycles. The van der Waals surface area contributed by atoms with Gasteiger partial charge in [0, 0.05) is 30.4 Å². The molecule has 1 aliphatic heterocycles. The minimum absolute atomic E-state index is 0.0992. The maximum Gasteiger partial charge on any atom is 0.392 e. The number of anilines is 2. The van der Waals surface area contributed by atoms with Crippen LogP contribution in [0.1, 0.15) is 22.3 Å². The van der Waals surface area contributed by atoms with Gasteiger partial charge in [-0.3, -0.25) is 9.48 Å². The number of carbonyl (C=O) groups is 1. The number of hydrogen-bond acceptors (Lipinski definition) is 6. The van der Waals surface area contributed by atoms with Crippen molar-refractivity contribution in [3.8, 4) is 0 Å². The summed E-state index contributed by atoms with van der Waals surface area (Å²) < 4.78 is 55.5. The van der Waals surface area contributed by atoms with E-state index in [-0.39, 0.29) is 29.3 Å². The molecule has 4 heterocycles. The van der Waals surface area contributed by atoms with Gasteiger partial charge in [-0.25, -0.2) is 24.4 Å². The Labute approximate surface area is 196 Å². The number of nitrogen functional groups attached to an aromatic ring is 1. The molecular formula is C23H19F4N7O. The molecule has 0 radical (unpaired) electrons. The van der Waals surface area contributed by atoms with Gasteiger partial charge in [0.1, 0.15) is 5.82 Å². The lowest BCUT2D eigenvalue weighted by Crippen LogP contribution is -2.41. The van der Waals surface area contributed by atoms with E-state index in [4.69, 9.17) is 5.73 Å². The highest BCUT2D eigenvalue weighted by Gasteiger charge is 2.37. The van der Waals surface area contributed by atoms with E-state index in [9.17, 15) is 22.4 Å². The zero-order valence-corrected chi connectivity index (χ0v) is 18.6. The summed E-state index contributed by atoms with van der Waals surface area (Å²) >= 11 is 0. The van der Waals surface area contributed by atoms with Crippen LogP contribution in [0.3, 0.4) is 0 Å². The van der Waals surface area contributed by atoms with Crippen LogP contribution < -0.4 is 10.7 Å². The van der Waals surface area contributed by atoms with Crippen LogP contribution in [-0.4, -0.2) is 43.4 Å². The molecule has 180 valence electrons. The molecule has 8 nitrogen and oxygen atoms in total. The molecule has 0 bridgehead atoms. The molecule has 4 aromatic rings. The molecule has 5 rings (SSSR count). The number of aryl methyl sites for hydroxylation is 2. The van der Waals surface area contributed by atoms with Gasteiger partial charge in [0.2, 0.25) is 0 Å². The van der Waals surface area contributed by atoms with E-state index in [0.29, 0.717) is 27.4 Å². The van der Waals surface area contributed by atoms with Gasteiger partial charge in [-0.15, -0.1) is 0 Å². The quantitative estimate of drug-likeness (QED) is 0.436. The Morgan fingerprint density at radius 3 is 2.71 bits per heavy atom. The van der Waals surface area contributed by atoms with E-state index < -0.39 is 24.3 Å². The molecule has 1 amide bonds. The van der Waals surface area contributed by atoms with Crippen LogP contribution in [0.25, 0.3) is 21.8 Å². The van der Waals surface area contributed by atoms with Gasteiger partial charge >= 0.3 is 6.18 Å². The van der Waals surface area contributed by atoms with Gasteiger partial charge < -0.3 is 5.73 Å². The van der Waals surface area contributed by atoms with Crippen molar-refractivity contribution in [3.05, 3.63) is 65.4 Å². The van der Waals surface area contributed by atoms with E-state index in [1.165, 1.54) is 12.3 Å². The van der Waals surface area contributed by atoms with Crippen LogP contribution in [0.15, 0.2) is 48.4 Å². The number of benzene rings is 1. The zero-order chi connectivity index (χ0) is 25.1. The maximum atomic E-state index is 14.5. The molecular weight excluding hydrogens is 466 g/mol. The molecule has 12 heteroatoms.